The van der Waals surface area contributed by atoms with Crippen molar-refractivity contribution < 1.29 is 4.79 Å². The Morgan fingerprint density at radius 3 is 2.36 bits per heavy atom. The molecule has 2 amide bonds. The number of amides is 2. The first-order valence-corrected chi connectivity index (χ1v) is 13.0. The Labute approximate surface area is 216 Å². The van der Waals surface area contributed by atoms with Gasteiger partial charge in [0.05, 0.1) is 11.4 Å². The van der Waals surface area contributed by atoms with E-state index in [4.69, 9.17) is 16.6 Å². The van der Waals surface area contributed by atoms with Crippen LogP contribution in [0.1, 0.15) is 29.7 Å². The van der Waals surface area contributed by atoms with Crippen molar-refractivity contribution in [3.05, 3.63) is 88.7 Å². The van der Waals surface area contributed by atoms with Crippen LogP contribution in [0.25, 0.3) is 16.9 Å². The van der Waals surface area contributed by atoms with Crippen LogP contribution in [-0.2, 0) is 6.54 Å². The van der Waals surface area contributed by atoms with Crippen LogP contribution >= 0.6 is 11.6 Å². The maximum Gasteiger partial charge on any atom is 0.322 e. The molecule has 4 aromatic rings. The molecule has 0 radical (unpaired) electrons. The molecule has 2 aliphatic rings. The fraction of sp³-hybridized carbons (Fsp3) is 0.310. The smallest absolute Gasteiger partial charge is 0.316 e. The first-order chi connectivity index (χ1) is 17.5. The molecule has 0 saturated carbocycles. The summed E-state index contributed by atoms with van der Waals surface area (Å²) in [6, 6.07) is 20.6. The largest absolute Gasteiger partial charge is 0.322 e. The number of aromatic nitrogens is 2. The minimum absolute atomic E-state index is 0.0243. The third-order valence-electron chi connectivity index (χ3n) is 7.63. The van der Waals surface area contributed by atoms with Gasteiger partial charge in [-0.05, 0) is 62.1 Å². The van der Waals surface area contributed by atoms with E-state index >= 15 is 0 Å². The number of para-hydroxylation sites is 1. The number of likely N-dealkylation sites (tertiary alicyclic amines) is 1. The van der Waals surface area contributed by atoms with Crippen LogP contribution in [0.5, 0.6) is 0 Å². The van der Waals surface area contributed by atoms with Crippen molar-refractivity contribution in [1.82, 2.24) is 19.2 Å². The van der Waals surface area contributed by atoms with Gasteiger partial charge >= 0.3 is 6.03 Å². The molecule has 2 aromatic heterocycles. The van der Waals surface area contributed by atoms with E-state index in [0.29, 0.717) is 0 Å². The van der Waals surface area contributed by atoms with Crippen LogP contribution in [0.3, 0.4) is 0 Å². The average Bonchev–Trinajstić information content (AvgIpc) is 3.36. The number of urea groups is 1. The Morgan fingerprint density at radius 1 is 0.972 bits per heavy atom. The summed E-state index contributed by atoms with van der Waals surface area (Å²) in [6.07, 6.45) is 4.16. The zero-order valence-electron chi connectivity index (χ0n) is 20.6. The summed E-state index contributed by atoms with van der Waals surface area (Å²) in [6.45, 7) is 6.59. The van der Waals surface area contributed by atoms with Gasteiger partial charge in [0.2, 0.25) is 0 Å². The van der Waals surface area contributed by atoms with E-state index in [2.05, 4.69) is 25.7 Å². The molecule has 0 spiro atoms. The summed E-state index contributed by atoms with van der Waals surface area (Å²) in [4.78, 5) is 22.9. The molecule has 6 rings (SSSR count). The van der Waals surface area contributed by atoms with Crippen molar-refractivity contribution in [3.8, 4) is 11.3 Å². The number of benzene rings is 2. The fourth-order valence-electron chi connectivity index (χ4n) is 5.88. The zero-order chi connectivity index (χ0) is 24.8. The summed E-state index contributed by atoms with van der Waals surface area (Å²) >= 11 is 6.15. The second kappa shape index (κ2) is 9.26. The lowest BCUT2D eigenvalue weighted by Crippen LogP contribution is -2.56. The highest BCUT2D eigenvalue weighted by Crippen LogP contribution is 2.34. The SMILES string of the molecule is Cc1cccc(C)c1NC(=O)N1C2CCC1CN(Cc1c(-c3ccc(Cl)cc3)nc3ccccn13)C2. The lowest BCUT2D eigenvalue weighted by Gasteiger charge is -2.41. The van der Waals surface area contributed by atoms with E-state index in [9.17, 15) is 4.79 Å². The van der Waals surface area contributed by atoms with Gasteiger partial charge in [-0.3, -0.25) is 4.90 Å². The first kappa shape index (κ1) is 23.1. The molecule has 4 heterocycles. The molecule has 2 atom stereocenters. The number of hydrogen-bond donors (Lipinski definition) is 1. The number of carbonyl (C=O) groups excluding carboxylic acids is 1. The number of imidazole rings is 1. The van der Waals surface area contributed by atoms with E-state index in [1.807, 2.05) is 74.5 Å². The summed E-state index contributed by atoms with van der Waals surface area (Å²) in [5, 5.41) is 3.93. The summed E-state index contributed by atoms with van der Waals surface area (Å²) < 4.78 is 2.19. The molecule has 184 valence electrons. The predicted molar refractivity (Wildman–Crippen MR) is 144 cm³/mol. The molecule has 2 unspecified atom stereocenters. The lowest BCUT2D eigenvalue weighted by molar-refractivity contribution is 0.0894. The van der Waals surface area contributed by atoms with Gasteiger partial charge in [-0.2, -0.15) is 0 Å². The normalized spacial score (nSPS) is 19.7. The van der Waals surface area contributed by atoms with Gasteiger partial charge in [0, 0.05) is 54.2 Å². The Bertz CT molecular complexity index is 1400. The van der Waals surface area contributed by atoms with Crippen LogP contribution in [0.2, 0.25) is 5.02 Å². The number of nitrogens with zero attached hydrogens (tertiary/aromatic N) is 4. The standard InChI is InChI=1S/C29H30ClN5O/c1-19-6-5-7-20(2)27(19)32-29(36)35-23-13-14-24(35)17-33(16-23)18-25-28(21-9-11-22(30)12-10-21)31-26-8-3-4-15-34(25)26/h3-12,15,23-24H,13-14,16-18H2,1-2H3,(H,32,36). The number of piperazine rings is 1. The van der Waals surface area contributed by atoms with E-state index in [0.717, 1.165) is 71.2 Å². The highest BCUT2D eigenvalue weighted by Gasteiger charge is 2.43. The van der Waals surface area contributed by atoms with Gasteiger partial charge in [0.15, 0.2) is 0 Å². The quantitative estimate of drug-likeness (QED) is 0.366. The Kier molecular flexibility index (Phi) is 5.94. The Balaban J connectivity index is 1.24. The molecule has 2 saturated heterocycles. The molecular weight excluding hydrogens is 470 g/mol. The predicted octanol–water partition coefficient (Wildman–Crippen LogP) is 6.15. The fourth-order valence-corrected chi connectivity index (χ4v) is 6.01. The molecule has 36 heavy (non-hydrogen) atoms. The van der Waals surface area contributed by atoms with E-state index in [-0.39, 0.29) is 18.1 Å². The molecule has 2 bridgehead atoms. The lowest BCUT2D eigenvalue weighted by atomic mass is 10.1. The van der Waals surface area contributed by atoms with Gasteiger partial charge in [0.25, 0.3) is 0 Å². The molecule has 0 aliphatic carbocycles. The summed E-state index contributed by atoms with van der Waals surface area (Å²) in [5.74, 6) is 0. The van der Waals surface area contributed by atoms with Crippen LogP contribution in [0, 0.1) is 13.8 Å². The van der Waals surface area contributed by atoms with Gasteiger partial charge in [-0.1, -0.05) is 48.0 Å². The van der Waals surface area contributed by atoms with E-state index in [1.54, 1.807) is 0 Å². The molecule has 2 aliphatic heterocycles. The summed E-state index contributed by atoms with van der Waals surface area (Å²) in [7, 11) is 0. The molecule has 2 fully saturated rings. The van der Waals surface area contributed by atoms with Gasteiger partial charge in [0.1, 0.15) is 5.65 Å². The monoisotopic (exact) mass is 499 g/mol. The van der Waals surface area contributed by atoms with Crippen molar-refractivity contribution in [1.29, 1.82) is 0 Å². The molecule has 2 aromatic carbocycles. The first-order valence-electron chi connectivity index (χ1n) is 12.6. The van der Waals surface area contributed by atoms with Crippen LogP contribution in [0.15, 0.2) is 66.9 Å². The minimum Gasteiger partial charge on any atom is -0.316 e. The van der Waals surface area contributed by atoms with Gasteiger partial charge in [-0.15, -0.1) is 0 Å². The Hall–Kier alpha value is -3.35. The second-order valence-electron chi connectivity index (χ2n) is 10.0. The van der Waals surface area contributed by atoms with Crippen molar-refractivity contribution in [2.45, 2.75) is 45.3 Å². The minimum atomic E-state index is 0.0243. The maximum absolute atomic E-state index is 13.4. The number of pyridine rings is 1. The third-order valence-corrected chi connectivity index (χ3v) is 7.88. The van der Waals surface area contributed by atoms with Crippen molar-refractivity contribution >= 4 is 29.0 Å². The topological polar surface area (TPSA) is 52.9 Å². The maximum atomic E-state index is 13.4. The zero-order valence-corrected chi connectivity index (χ0v) is 21.4. The van der Waals surface area contributed by atoms with Gasteiger partial charge in [-0.25, -0.2) is 9.78 Å². The molecule has 7 heteroatoms. The number of fused-ring (bicyclic) bond motifs is 3. The van der Waals surface area contributed by atoms with Crippen LogP contribution in [-0.4, -0.2) is 50.4 Å². The molecule has 1 N–H and O–H groups in total. The average molecular weight is 500 g/mol. The highest BCUT2D eigenvalue weighted by atomic mass is 35.5. The second-order valence-corrected chi connectivity index (χ2v) is 10.5. The van der Waals surface area contributed by atoms with Gasteiger partial charge < -0.3 is 14.6 Å². The molecule has 6 nitrogen and oxygen atoms in total. The van der Waals surface area contributed by atoms with Crippen LogP contribution < -0.4 is 5.32 Å². The Morgan fingerprint density at radius 2 is 1.67 bits per heavy atom. The molecular formula is C29H30ClN5O. The van der Waals surface area contributed by atoms with E-state index < -0.39 is 0 Å². The van der Waals surface area contributed by atoms with Crippen LogP contribution in [0.4, 0.5) is 10.5 Å². The number of carbonyl (C=O) groups is 1. The van der Waals surface area contributed by atoms with Crippen molar-refractivity contribution in [3.63, 3.8) is 0 Å². The number of nitrogens with one attached hydrogen (secondary N) is 1. The number of anilines is 1. The number of hydrogen-bond acceptors (Lipinski definition) is 3. The number of rotatable bonds is 4. The van der Waals surface area contributed by atoms with Crippen molar-refractivity contribution in [2.24, 2.45) is 0 Å². The third kappa shape index (κ3) is 4.14. The van der Waals surface area contributed by atoms with Crippen molar-refractivity contribution in [2.75, 3.05) is 18.4 Å². The summed E-state index contributed by atoms with van der Waals surface area (Å²) in [5.41, 5.74) is 7.27. The number of aryl methyl sites for hydroxylation is 2. The van der Waals surface area contributed by atoms with E-state index in [1.165, 1.54) is 5.69 Å². The highest BCUT2D eigenvalue weighted by molar-refractivity contribution is 6.30. The number of halogens is 1.